The minimum Gasteiger partial charge on any atom is -0.334 e. The molecule has 3 rings (SSSR count). The Morgan fingerprint density at radius 1 is 1.44 bits per heavy atom. The second kappa shape index (κ2) is 3.86. The molecular weight excluding hydrogens is 206 g/mol. The van der Waals surface area contributed by atoms with E-state index in [0.717, 1.165) is 19.6 Å². The highest BCUT2D eigenvalue weighted by molar-refractivity contribution is 5.92. The van der Waals surface area contributed by atoms with Crippen molar-refractivity contribution in [3.8, 4) is 0 Å². The molecule has 0 spiro atoms. The monoisotopic (exact) mass is 221 g/mol. The molecule has 2 aliphatic heterocycles. The number of rotatable bonds is 1. The van der Waals surface area contributed by atoms with E-state index in [1.165, 1.54) is 25.6 Å². The molecule has 0 aliphatic carbocycles. The highest BCUT2D eigenvalue weighted by atomic mass is 16.2. The largest absolute Gasteiger partial charge is 0.334 e. The summed E-state index contributed by atoms with van der Waals surface area (Å²) in [5.74, 6) is 0.000278. The first-order valence-corrected chi connectivity index (χ1v) is 5.74. The van der Waals surface area contributed by atoms with Crippen LogP contribution in [-0.4, -0.2) is 63.3 Å². The lowest BCUT2D eigenvalue weighted by Gasteiger charge is -2.37. The molecular formula is C10H15N5O. The molecule has 0 aromatic carbocycles. The first kappa shape index (κ1) is 9.77. The van der Waals surface area contributed by atoms with E-state index in [0.29, 0.717) is 11.7 Å². The second-order valence-electron chi connectivity index (χ2n) is 4.44. The molecule has 1 N–H and O–H groups in total. The average molecular weight is 221 g/mol. The minimum absolute atomic E-state index is 0.000278. The Kier molecular flexibility index (Phi) is 2.36. The van der Waals surface area contributed by atoms with Crippen LogP contribution >= 0.6 is 0 Å². The van der Waals surface area contributed by atoms with E-state index < -0.39 is 0 Å². The van der Waals surface area contributed by atoms with Crippen molar-refractivity contribution in [2.24, 2.45) is 0 Å². The van der Waals surface area contributed by atoms with E-state index >= 15 is 0 Å². The summed E-state index contributed by atoms with van der Waals surface area (Å²) in [6.07, 6.45) is 3.96. The minimum atomic E-state index is 0.000278. The molecule has 1 unspecified atom stereocenters. The molecule has 0 radical (unpaired) electrons. The summed E-state index contributed by atoms with van der Waals surface area (Å²) >= 11 is 0. The number of hydrogen-bond donors (Lipinski definition) is 1. The molecule has 3 heterocycles. The van der Waals surface area contributed by atoms with E-state index in [1.54, 1.807) is 0 Å². The number of fused-ring (bicyclic) bond motifs is 1. The van der Waals surface area contributed by atoms with Crippen molar-refractivity contribution < 1.29 is 4.79 Å². The lowest BCUT2D eigenvalue weighted by atomic mass is 10.1. The number of hydrogen-bond acceptors (Lipinski definition) is 4. The first-order valence-electron chi connectivity index (χ1n) is 5.74. The summed E-state index contributed by atoms with van der Waals surface area (Å²) in [4.78, 5) is 16.4. The number of amides is 1. The molecule has 6 heteroatoms. The van der Waals surface area contributed by atoms with Gasteiger partial charge in [-0.3, -0.25) is 9.69 Å². The predicted octanol–water partition coefficient (Wildman–Crippen LogP) is -0.275. The van der Waals surface area contributed by atoms with Gasteiger partial charge in [0.15, 0.2) is 5.69 Å². The fourth-order valence-electron chi connectivity index (χ4n) is 2.64. The third-order valence-electron chi connectivity index (χ3n) is 3.51. The second-order valence-corrected chi connectivity index (χ2v) is 4.44. The van der Waals surface area contributed by atoms with Crippen molar-refractivity contribution in [3.63, 3.8) is 0 Å². The van der Waals surface area contributed by atoms with Crippen LogP contribution in [0.5, 0.6) is 0 Å². The molecule has 1 aromatic rings. The van der Waals surface area contributed by atoms with E-state index in [-0.39, 0.29) is 5.91 Å². The summed E-state index contributed by atoms with van der Waals surface area (Å²) in [5, 5.41) is 9.98. The Hall–Kier alpha value is -1.43. The van der Waals surface area contributed by atoms with Gasteiger partial charge >= 0.3 is 0 Å². The number of aromatic amines is 1. The molecule has 2 fully saturated rings. The number of nitrogens with zero attached hydrogens (tertiary/aromatic N) is 4. The Morgan fingerprint density at radius 2 is 2.38 bits per heavy atom. The van der Waals surface area contributed by atoms with Crippen molar-refractivity contribution in [3.05, 3.63) is 11.9 Å². The van der Waals surface area contributed by atoms with Crippen molar-refractivity contribution in [1.29, 1.82) is 0 Å². The van der Waals surface area contributed by atoms with Crippen molar-refractivity contribution in [2.75, 3.05) is 26.2 Å². The zero-order valence-corrected chi connectivity index (χ0v) is 9.09. The lowest BCUT2D eigenvalue weighted by molar-refractivity contribution is 0.0565. The maximum absolute atomic E-state index is 12.0. The number of carbonyl (C=O) groups excluding carboxylic acids is 1. The number of H-pyrrole nitrogens is 1. The number of aromatic nitrogens is 3. The van der Waals surface area contributed by atoms with Gasteiger partial charge in [-0.1, -0.05) is 0 Å². The van der Waals surface area contributed by atoms with Gasteiger partial charge in [0.2, 0.25) is 0 Å². The smallest absolute Gasteiger partial charge is 0.276 e. The van der Waals surface area contributed by atoms with Crippen LogP contribution in [0.1, 0.15) is 23.3 Å². The number of piperazine rings is 1. The summed E-state index contributed by atoms with van der Waals surface area (Å²) in [7, 11) is 0. The topological polar surface area (TPSA) is 65.1 Å². The van der Waals surface area contributed by atoms with Gasteiger partial charge in [-0.15, -0.1) is 0 Å². The quantitative estimate of drug-likeness (QED) is 0.708. The highest BCUT2D eigenvalue weighted by Crippen LogP contribution is 2.22. The molecule has 2 aliphatic rings. The SMILES string of the molecule is O=C(c1cn[nH]n1)N1CCN2CCCC2C1. The molecule has 16 heavy (non-hydrogen) atoms. The molecule has 2 saturated heterocycles. The summed E-state index contributed by atoms with van der Waals surface area (Å²) in [6.45, 7) is 3.83. The molecule has 1 amide bonds. The van der Waals surface area contributed by atoms with Gasteiger partial charge in [-0.05, 0) is 19.4 Å². The summed E-state index contributed by atoms with van der Waals surface area (Å²) in [6, 6.07) is 0.560. The predicted molar refractivity (Wildman–Crippen MR) is 56.9 cm³/mol. The fourth-order valence-corrected chi connectivity index (χ4v) is 2.64. The fraction of sp³-hybridized carbons (Fsp3) is 0.700. The highest BCUT2D eigenvalue weighted by Gasteiger charge is 2.33. The molecule has 86 valence electrons. The van der Waals surface area contributed by atoms with Gasteiger partial charge < -0.3 is 4.90 Å². The van der Waals surface area contributed by atoms with Crippen LogP contribution in [0.2, 0.25) is 0 Å². The van der Waals surface area contributed by atoms with Gasteiger partial charge in [0, 0.05) is 25.7 Å². The van der Waals surface area contributed by atoms with Crippen LogP contribution in [-0.2, 0) is 0 Å². The Labute approximate surface area is 93.6 Å². The van der Waals surface area contributed by atoms with Gasteiger partial charge in [0.05, 0.1) is 6.20 Å². The van der Waals surface area contributed by atoms with Gasteiger partial charge in [-0.2, -0.15) is 15.4 Å². The van der Waals surface area contributed by atoms with Crippen LogP contribution in [0, 0.1) is 0 Å². The van der Waals surface area contributed by atoms with Crippen molar-refractivity contribution >= 4 is 5.91 Å². The van der Waals surface area contributed by atoms with Gasteiger partial charge in [0.25, 0.3) is 5.91 Å². The summed E-state index contributed by atoms with van der Waals surface area (Å²) < 4.78 is 0. The normalized spacial score (nSPS) is 25.8. The Morgan fingerprint density at radius 3 is 3.19 bits per heavy atom. The van der Waals surface area contributed by atoms with Crippen molar-refractivity contribution in [2.45, 2.75) is 18.9 Å². The summed E-state index contributed by atoms with van der Waals surface area (Å²) in [5.41, 5.74) is 0.423. The molecule has 0 bridgehead atoms. The zero-order chi connectivity index (χ0) is 11.0. The van der Waals surface area contributed by atoms with Gasteiger partial charge in [0.1, 0.15) is 0 Å². The van der Waals surface area contributed by atoms with E-state index in [9.17, 15) is 4.79 Å². The maximum Gasteiger partial charge on any atom is 0.276 e. The third-order valence-corrected chi connectivity index (χ3v) is 3.51. The van der Waals surface area contributed by atoms with Crippen LogP contribution in [0.4, 0.5) is 0 Å². The molecule has 0 saturated carbocycles. The van der Waals surface area contributed by atoms with Crippen LogP contribution in [0.15, 0.2) is 6.20 Å². The van der Waals surface area contributed by atoms with Crippen molar-refractivity contribution in [1.82, 2.24) is 25.2 Å². The average Bonchev–Trinajstić information content (AvgIpc) is 2.98. The van der Waals surface area contributed by atoms with E-state index in [2.05, 4.69) is 20.3 Å². The molecule has 1 aromatic heterocycles. The first-order chi connectivity index (χ1) is 7.84. The van der Waals surface area contributed by atoms with Crippen LogP contribution in [0.25, 0.3) is 0 Å². The van der Waals surface area contributed by atoms with Crippen LogP contribution < -0.4 is 0 Å². The number of carbonyl (C=O) groups is 1. The third kappa shape index (κ3) is 1.59. The maximum atomic E-state index is 12.0. The Balaban J connectivity index is 1.70. The van der Waals surface area contributed by atoms with Gasteiger partial charge in [-0.25, -0.2) is 0 Å². The van der Waals surface area contributed by atoms with E-state index in [1.807, 2.05) is 4.90 Å². The van der Waals surface area contributed by atoms with Crippen LogP contribution in [0.3, 0.4) is 0 Å². The molecule has 6 nitrogen and oxygen atoms in total. The standard InChI is InChI=1S/C10H15N5O/c16-10(9-6-11-13-12-9)15-5-4-14-3-1-2-8(14)7-15/h6,8H,1-5,7H2,(H,11,12,13). The van der Waals surface area contributed by atoms with E-state index in [4.69, 9.17) is 0 Å². The zero-order valence-electron chi connectivity index (χ0n) is 9.09. The molecule has 1 atom stereocenters. The Bertz CT molecular complexity index is 377. The lowest BCUT2D eigenvalue weighted by Crippen LogP contribution is -2.52. The number of nitrogens with one attached hydrogen (secondary N) is 1.